The van der Waals surface area contributed by atoms with Gasteiger partial charge in [0.25, 0.3) is 5.91 Å². The van der Waals surface area contributed by atoms with Crippen LogP contribution in [0.4, 0.5) is 0 Å². The Hall–Kier alpha value is -4.39. The quantitative estimate of drug-likeness (QED) is 0.531. The molecule has 0 unspecified atom stereocenters. The Morgan fingerprint density at radius 3 is 2.94 bits per heavy atom. The Balaban J connectivity index is 1.35. The van der Waals surface area contributed by atoms with Crippen LogP contribution in [-0.4, -0.2) is 48.1 Å². The molecule has 1 amide bonds. The molecule has 0 radical (unpaired) electrons. The zero-order valence-corrected chi connectivity index (χ0v) is 19.9. The Morgan fingerprint density at radius 1 is 1.19 bits per heavy atom. The number of fused-ring (bicyclic) bond motifs is 3. The Morgan fingerprint density at radius 2 is 2.11 bits per heavy atom. The molecule has 0 saturated carbocycles. The van der Waals surface area contributed by atoms with Crippen molar-refractivity contribution in [2.45, 2.75) is 18.9 Å². The molecule has 1 aromatic heterocycles. The first-order valence-corrected chi connectivity index (χ1v) is 12.0. The van der Waals surface area contributed by atoms with Crippen LogP contribution in [0.3, 0.4) is 0 Å². The van der Waals surface area contributed by atoms with Crippen LogP contribution < -0.4 is 10.1 Å². The van der Waals surface area contributed by atoms with Crippen molar-refractivity contribution >= 4 is 23.6 Å². The fourth-order valence-electron chi connectivity index (χ4n) is 5.14. The van der Waals surface area contributed by atoms with E-state index in [4.69, 9.17) is 9.47 Å². The van der Waals surface area contributed by atoms with Gasteiger partial charge in [0.15, 0.2) is 0 Å². The molecule has 0 saturated heterocycles. The number of allylic oxidation sites excluding steroid dienone is 3. The number of esters is 1. The van der Waals surface area contributed by atoms with Crippen molar-refractivity contribution in [3.63, 3.8) is 0 Å². The summed E-state index contributed by atoms with van der Waals surface area (Å²) in [5, 5.41) is 3.65. The van der Waals surface area contributed by atoms with Gasteiger partial charge in [0.2, 0.25) is 0 Å². The van der Waals surface area contributed by atoms with Crippen LogP contribution in [0.25, 0.3) is 11.8 Å². The van der Waals surface area contributed by atoms with Crippen LogP contribution in [0, 0.1) is 0 Å². The molecule has 3 aliphatic heterocycles. The average Bonchev–Trinajstić information content (AvgIpc) is 3.55. The SMILES string of the molecule is COC(=O)c1ccc(/C=C/C(=O)N2CCC3=C4C=CC=C[C@H]4NC3=C2c2ccc3c(c2)CCO3)nc1. The summed E-state index contributed by atoms with van der Waals surface area (Å²) in [6.07, 6.45) is 14.7. The number of pyridine rings is 1. The van der Waals surface area contributed by atoms with Gasteiger partial charge in [0.1, 0.15) is 5.75 Å². The van der Waals surface area contributed by atoms with E-state index in [0.717, 1.165) is 41.1 Å². The maximum absolute atomic E-state index is 13.5. The van der Waals surface area contributed by atoms with E-state index in [1.807, 2.05) is 17.0 Å². The summed E-state index contributed by atoms with van der Waals surface area (Å²) in [6.45, 7) is 1.26. The van der Waals surface area contributed by atoms with Gasteiger partial charge in [-0.05, 0) is 59.5 Å². The van der Waals surface area contributed by atoms with Gasteiger partial charge in [0.05, 0.1) is 42.4 Å². The Kier molecular flexibility index (Phi) is 5.52. The number of methoxy groups -OCH3 is 1. The molecule has 6 rings (SSSR count). The van der Waals surface area contributed by atoms with E-state index in [1.165, 1.54) is 30.5 Å². The number of hydrogen-bond donors (Lipinski definition) is 1. The van der Waals surface area contributed by atoms with Crippen molar-refractivity contribution in [3.05, 3.63) is 106 Å². The maximum atomic E-state index is 13.5. The zero-order chi connectivity index (χ0) is 24.6. The molecule has 1 aliphatic carbocycles. The van der Waals surface area contributed by atoms with Crippen molar-refractivity contribution in [1.29, 1.82) is 0 Å². The number of aromatic nitrogens is 1. The van der Waals surface area contributed by atoms with Crippen molar-refractivity contribution < 1.29 is 19.1 Å². The Bertz CT molecular complexity index is 1410. The van der Waals surface area contributed by atoms with Crippen molar-refractivity contribution in [2.24, 2.45) is 0 Å². The first-order chi connectivity index (χ1) is 17.6. The van der Waals surface area contributed by atoms with E-state index in [0.29, 0.717) is 24.4 Å². The van der Waals surface area contributed by atoms with Crippen LogP contribution >= 0.6 is 0 Å². The standard InChI is InChI=1S/C29H25N3O4/c1-35-29(34)20-6-8-21(30-17-20)9-11-26(33)32-14-12-23-22-4-2-3-5-24(22)31-27(23)28(32)19-7-10-25-18(16-19)13-15-36-25/h2-11,16-17,24,31H,12-15H2,1H3/b11-9+/t24-/m1/s1. The highest BCUT2D eigenvalue weighted by molar-refractivity contribution is 5.99. The summed E-state index contributed by atoms with van der Waals surface area (Å²) < 4.78 is 10.4. The summed E-state index contributed by atoms with van der Waals surface area (Å²) in [5.74, 6) is 0.342. The summed E-state index contributed by atoms with van der Waals surface area (Å²) in [7, 11) is 1.33. The molecule has 180 valence electrons. The second-order valence-electron chi connectivity index (χ2n) is 8.98. The fourth-order valence-corrected chi connectivity index (χ4v) is 5.14. The lowest BCUT2D eigenvalue weighted by molar-refractivity contribution is -0.123. The summed E-state index contributed by atoms with van der Waals surface area (Å²) in [6, 6.07) is 9.62. The minimum Gasteiger partial charge on any atom is -0.493 e. The fraction of sp³-hybridized carbons (Fsp3) is 0.207. The van der Waals surface area contributed by atoms with Crippen LogP contribution in [-0.2, 0) is 16.0 Å². The Labute approximate surface area is 209 Å². The van der Waals surface area contributed by atoms with Gasteiger partial charge in [0, 0.05) is 30.8 Å². The largest absolute Gasteiger partial charge is 0.493 e. The molecule has 1 aromatic carbocycles. The first-order valence-electron chi connectivity index (χ1n) is 12.0. The number of amides is 1. The number of rotatable bonds is 4. The van der Waals surface area contributed by atoms with Gasteiger partial charge in [-0.1, -0.05) is 24.3 Å². The van der Waals surface area contributed by atoms with Crippen molar-refractivity contribution in [1.82, 2.24) is 15.2 Å². The molecule has 7 nitrogen and oxygen atoms in total. The van der Waals surface area contributed by atoms with Crippen LogP contribution in [0.15, 0.2) is 83.8 Å². The topological polar surface area (TPSA) is 80.8 Å². The van der Waals surface area contributed by atoms with Gasteiger partial charge in [-0.25, -0.2) is 4.79 Å². The first kappa shape index (κ1) is 22.1. The van der Waals surface area contributed by atoms with E-state index < -0.39 is 5.97 Å². The minimum atomic E-state index is -0.447. The third kappa shape index (κ3) is 3.82. The zero-order valence-electron chi connectivity index (χ0n) is 19.9. The average molecular weight is 480 g/mol. The molecule has 4 heterocycles. The third-order valence-corrected chi connectivity index (χ3v) is 6.90. The van der Waals surface area contributed by atoms with Gasteiger partial charge in [-0.3, -0.25) is 9.78 Å². The predicted octanol–water partition coefficient (Wildman–Crippen LogP) is 3.81. The van der Waals surface area contributed by atoms with Gasteiger partial charge < -0.3 is 19.7 Å². The lowest BCUT2D eigenvalue weighted by atomic mass is 9.93. The number of carbonyl (C=O) groups is 2. The smallest absolute Gasteiger partial charge is 0.339 e. The highest BCUT2D eigenvalue weighted by Crippen LogP contribution is 2.41. The van der Waals surface area contributed by atoms with Crippen LogP contribution in [0.2, 0.25) is 0 Å². The number of ether oxygens (including phenoxy) is 2. The summed E-state index contributed by atoms with van der Waals surface area (Å²) in [5.41, 5.74) is 7.54. The van der Waals surface area contributed by atoms with Crippen LogP contribution in [0.1, 0.15) is 33.6 Å². The highest BCUT2D eigenvalue weighted by atomic mass is 16.5. The van der Waals surface area contributed by atoms with E-state index >= 15 is 0 Å². The second-order valence-corrected chi connectivity index (χ2v) is 8.98. The summed E-state index contributed by atoms with van der Waals surface area (Å²) in [4.78, 5) is 31.3. The molecule has 2 aromatic rings. The number of hydrogen-bond acceptors (Lipinski definition) is 6. The molecule has 7 heteroatoms. The molecular weight excluding hydrogens is 454 g/mol. The van der Waals surface area contributed by atoms with E-state index in [-0.39, 0.29) is 11.9 Å². The minimum absolute atomic E-state index is 0.121. The molecule has 36 heavy (non-hydrogen) atoms. The summed E-state index contributed by atoms with van der Waals surface area (Å²) >= 11 is 0. The second kappa shape index (κ2) is 9.00. The van der Waals surface area contributed by atoms with Gasteiger partial charge >= 0.3 is 5.97 Å². The monoisotopic (exact) mass is 479 g/mol. The maximum Gasteiger partial charge on any atom is 0.339 e. The van der Waals surface area contributed by atoms with Gasteiger partial charge in [-0.15, -0.1) is 0 Å². The molecule has 1 N–H and O–H groups in total. The molecular formula is C29H25N3O4. The molecule has 0 spiro atoms. The molecule has 1 atom stereocenters. The third-order valence-electron chi connectivity index (χ3n) is 6.90. The van der Waals surface area contributed by atoms with E-state index in [9.17, 15) is 9.59 Å². The molecule has 0 bridgehead atoms. The molecule has 4 aliphatic rings. The number of nitrogens with one attached hydrogen (secondary N) is 1. The number of carbonyl (C=O) groups excluding carboxylic acids is 2. The lowest BCUT2D eigenvalue weighted by Crippen LogP contribution is -2.35. The van der Waals surface area contributed by atoms with Crippen molar-refractivity contribution in [2.75, 3.05) is 20.3 Å². The number of benzene rings is 1. The lowest BCUT2D eigenvalue weighted by Gasteiger charge is -2.32. The van der Waals surface area contributed by atoms with Crippen molar-refractivity contribution in [3.8, 4) is 5.75 Å². The van der Waals surface area contributed by atoms with E-state index in [2.05, 4.69) is 40.7 Å². The normalized spacial score (nSPS) is 19.7. The number of nitrogens with zero attached hydrogens (tertiary/aromatic N) is 2. The van der Waals surface area contributed by atoms with E-state index in [1.54, 1.807) is 18.2 Å². The highest BCUT2D eigenvalue weighted by Gasteiger charge is 2.36. The van der Waals surface area contributed by atoms with Crippen LogP contribution in [0.5, 0.6) is 5.75 Å². The predicted molar refractivity (Wildman–Crippen MR) is 136 cm³/mol. The molecule has 0 fully saturated rings. The van der Waals surface area contributed by atoms with Gasteiger partial charge in [-0.2, -0.15) is 0 Å².